The van der Waals surface area contributed by atoms with Crippen molar-refractivity contribution in [1.29, 1.82) is 0 Å². The fourth-order valence-electron chi connectivity index (χ4n) is 4.39. The molecule has 2 aromatic carbocycles. The van der Waals surface area contributed by atoms with Crippen molar-refractivity contribution in [3.8, 4) is 11.5 Å². The van der Waals surface area contributed by atoms with Gasteiger partial charge in [0.15, 0.2) is 0 Å². The van der Waals surface area contributed by atoms with E-state index in [-0.39, 0.29) is 29.9 Å². The Morgan fingerprint density at radius 3 is 2.32 bits per heavy atom. The van der Waals surface area contributed by atoms with E-state index in [1.807, 2.05) is 0 Å². The van der Waals surface area contributed by atoms with Crippen LogP contribution in [-0.2, 0) is 26.2 Å². The lowest BCUT2D eigenvalue weighted by molar-refractivity contribution is -0.139. The Morgan fingerprint density at radius 1 is 1.05 bits per heavy atom. The molecule has 1 atom stereocenters. The highest BCUT2D eigenvalue weighted by molar-refractivity contribution is 7.92. The van der Waals surface area contributed by atoms with Crippen molar-refractivity contribution < 1.29 is 27.5 Å². The highest BCUT2D eigenvalue weighted by Crippen LogP contribution is 2.34. The molecule has 0 aromatic heterocycles. The number of hydrogen-bond acceptors (Lipinski definition) is 6. The molecular formula is C26H33Cl2N3O6S. The third-order valence-corrected chi connectivity index (χ3v) is 8.41. The summed E-state index contributed by atoms with van der Waals surface area (Å²) in [4.78, 5) is 28.3. The average molecular weight is 587 g/mol. The minimum atomic E-state index is -3.92. The normalized spacial score (nSPS) is 14.6. The second kappa shape index (κ2) is 12.9. The van der Waals surface area contributed by atoms with Crippen LogP contribution < -0.4 is 19.1 Å². The first-order valence-electron chi connectivity index (χ1n) is 12.2. The molecule has 1 saturated carbocycles. The summed E-state index contributed by atoms with van der Waals surface area (Å²) >= 11 is 12.2. The number of anilines is 1. The summed E-state index contributed by atoms with van der Waals surface area (Å²) in [5, 5.41) is 3.68. The van der Waals surface area contributed by atoms with Gasteiger partial charge in [-0.1, -0.05) is 42.1 Å². The summed E-state index contributed by atoms with van der Waals surface area (Å²) in [5.41, 5.74) is 0.808. The van der Waals surface area contributed by atoms with E-state index < -0.39 is 28.5 Å². The van der Waals surface area contributed by atoms with Crippen LogP contribution in [0.5, 0.6) is 11.5 Å². The van der Waals surface area contributed by atoms with Gasteiger partial charge < -0.3 is 19.7 Å². The minimum Gasteiger partial charge on any atom is -0.497 e. The molecule has 2 aromatic rings. The van der Waals surface area contributed by atoms with E-state index in [1.54, 1.807) is 31.2 Å². The SMILES string of the molecule is COc1ccc(N(CC(=O)N(Cc2ccc(Cl)c(Cl)c2)C(C)C(=O)NC2CCCC2)S(C)(=O)=O)c(OC)c1. The molecule has 0 bridgehead atoms. The molecule has 1 aliphatic rings. The van der Waals surface area contributed by atoms with Crippen molar-refractivity contribution in [3.05, 3.63) is 52.0 Å². The van der Waals surface area contributed by atoms with Gasteiger partial charge in [-0.25, -0.2) is 8.42 Å². The molecular weight excluding hydrogens is 553 g/mol. The van der Waals surface area contributed by atoms with Crippen LogP contribution in [0.1, 0.15) is 38.2 Å². The van der Waals surface area contributed by atoms with Gasteiger partial charge >= 0.3 is 0 Å². The molecule has 1 aliphatic carbocycles. The lowest BCUT2D eigenvalue weighted by Crippen LogP contribution is -2.52. The van der Waals surface area contributed by atoms with E-state index >= 15 is 0 Å². The maximum atomic E-state index is 13.8. The van der Waals surface area contributed by atoms with Crippen molar-refractivity contribution in [1.82, 2.24) is 10.2 Å². The topological polar surface area (TPSA) is 105 Å². The number of nitrogens with zero attached hydrogens (tertiary/aromatic N) is 2. The summed E-state index contributed by atoms with van der Waals surface area (Å²) in [6.45, 7) is 1.09. The molecule has 1 unspecified atom stereocenters. The van der Waals surface area contributed by atoms with Gasteiger partial charge in [-0.05, 0) is 49.6 Å². The highest BCUT2D eigenvalue weighted by atomic mass is 35.5. The highest BCUT2D eigenvalue weighted by Gasteiger charge is 2.32. The molecule has 0 heterocycles. The quantitative estimate of drug-likeness (QED) is 0.422. The van der Waals surface area contributed by atoms with E-state index in [4.69, 9.17) is 32.7 Å². The molecule has 208 valence electrons. The number of hydrogen-bond donors (Lipinski definition) is 1. The molecule has 0 spiro atoms. The number of carbonyl (C=O) groups is 2. The smallest absolute Gasteiger partial charge is 0.244 e. The number of benzene rings is 2. The van der Waals surface area contributed by atoms with Gasteiger partial charge in [-0.2, -0.15) is 0 Å². The lowest BCUT2D eigenvalue weighted by atomic mass is 10.1. The molecule has 9 nitrogen and oxygen atoms in total. The van der Waals surface area contributed by atoms with E-state index in [1.165, 1.54) is 31.3 Å². The summed E-state index contributed by atoms with van der Waals surface area (Å²) in [7, 11) is -1.05. The zero-order valence-electron chi connectivity index (χ0n) is 21.9. The minimum absolute atomic E-state index is 0.0202. The molecule has 0 radical (unpaired) electrons. The Labute approximate surface area is 234 Å². The number of methoxy groups -OCH3 is 2. The van der Waals surface area contributed by atoms with E-state index in [0.717, 1.165) is 36.2 Å². The van der Waals surface area contributed by atoms with Crippen LogP contribution in [0.2, 0.25) is 10.0 Å². The number of nitrogens with one attached hydrogen (secondary N) is 1. The van der Waals surface area contributed by atoms with E-state index in [9.17, 15) is 18.0 Å². The zero-order chi connectivity index (χ0) is 28.0. The van der Waals surface area contributed by atoms with Gasteiger partial charge in [0.1, 0.15) is 24.1 Å². The van der Waals surface area contributed by atoms with Crippen LogP contribution in [0.25, 0.3) is 0 Å². The Kier molecular flexibility index (Phi) is 10.1. The standard InChI is InChI=1S/C26H33Cl2N3O6S/c1-17(26(33)29-19-7-5-6-8-19)30(15-18-9-11-21(27)22(28)13-18)25(32)16-31(38(4,34)35)23-12-10-20(36-2)14-24(23)37-3/h9-14,17,19H,5-8,15-16H2,1-4H3,(H,29,33). The molecule has 1 fully saturated rings. The van der Waals surface area contributed by atoms with Gasteiger partial charge in [0, 0.05) is 18.7 Å². The van der Waals surface area contributed by atoms with Gasteiger partial charge in [-0.3, -0.25) is 13.9 Å². The Morgan fingerprint density at radius 2 is 1.74 bits per heavy atom. The number of amides is 2. The van der Waals surface area contributed by atoms with Crippen molar-refractivity contribution >= 4 is 50.7 Å². The average Bonchev–Trinajstić information content (AvgIpc) is 3.39. The first-order valence-corrected chi connectivity index (χ1v) is 14.8. The molecule has 2 amide bonds. The van der Waals surface area contributed by atoms with Crippen LogP contribution in [0.3, 0.4) is 0 Å². The maximum absolute atomic E-state index is 13.8. The van der Waals surface area contributed by atoms with Crippen LogP contribution in [0.15, 0.2) is 36.4 Å². The number of sulfonamides is 1. The Hall–Kier alpha value is -2.69. The van der Waals surface area contributed by atoms with Gasteiger partial charge in [-0.15, -0.1) is 0 Å². The van der Waals surface area contributed by atoms with Crippen LogP contribution >= 0.6 is 23.2 Å². The second-order valence-corrected chi connectivity index (χ2v) is 12.0. The first kappa shape index (κ1) is 29.9. The number of ether oxygens (including phenoxy) is 2. The molecule has 0 aliphatic heterocycles. The predicted molar refractivity (Wildman–Crippen MR) is 149 cm³/mol. The summed E-state index contributed by atoms with van der Waals surface area (Å²) in [5.74, 6) is -0.207. The largest absolute Gasteiger partial charge is 0.497 e. The van der Waals surface area contributed by atoms with Gasteiger partial charge in [0.05, 0.1) is 36.2 Å². The Balaban J connectivity index is 1.94. The fourth-order valence-corrected chi connectivity index (χ4v) is 5.57. The predicted octanol–water partition coefficient (Wildman–Crippen LogP) is 4.25. The monoisotopic (exact) mass is 585 g/mol. The zero-order valence-corrected chi connectivity index (χ0v) is 24.2. The number of carbonyl (C=O) groups excluding carboxylic acids is 2. The molecule has 3 rings (SSSR count). The van der Waals surface area contributed by atoms with Crippen LogP contribution in [0, 0.1) is 0 Å². The van der Waals surface area contributed by atoms with Crippen molar-refractivity contribution in [3.63, 3.8) is 0 Å². The van der Waals surface area contributed by atoms with Crippen molar-refractivity contribution in [2.24, 2.45) is 0 Å². The number of rotatable bonds is 11. The molecule has 1 N–H and O–H groups in total. The van der Waals surface area contributed by atoms with E-state index in [2.05, 4.69) is 5.32 Å². The summed E-state index contributed by atoms with van der Waals surface area (Å²) in [6.07, 6.45) is 4.86. The first-order chi connectivity index (χ1) is 17.9. The van der Waals surface area contributed by atoms with Crippen molar-refractivity contribution in [2.75, 3.05) is 31.3 Å². The molecule has 38 heavy (non-hydrogen) atoms. The maximum Gasteiger partial charge on any atom is 0.244 e. The Bertz CT molecular complexity index is 1270. The third kappa shape index (κ3) is 7.45. The molecule has 12 heteroatoms. The van der Waals surface area contributed by atoms with Gasteiger partial charge in [0.2, 0.25) is 21.8 Å². The summed E-state index contributed by atoms with van der Waals surface area (Å²) < 4.78 is 37.2. The van der Waals surface area contributed by atoms with Gasteiger partial charge in [0.25, 0.3) is 0 Å². The fraction of sp³-hybridized carbons (Fsp3) is 0.462. The van der Waals surface area contributed by atoms with Crippen molar-refractivity contribution in [2.45, 2.75) is 51.2 Å². The summed E-state index contributed by atoms with van der Waals surface area (Å²) in [6, 6.07) is 8.72. The van der Waals surface area contributed by atoms with Crippen LogP contribution in [-0.4, -0.2) is 64.2 Å². The number of halogens is 2. The van der Waals surface area contributed by atoms with E-state index in [0.29, 0.717) is 21.4 Å². The van der Waals surface area contributed by atoms with Crippen LogP contribution in [0.4, 0.5) is 5.69 Å². The second-order valence-electron chi connectivity index (χ2n) is 9.24. The molecule has 0 saturated heterocycles. The third-order valence-electron chi connectivity index (χ3n) is 6.54. The lowest BCUT2D eigenvalue weighted by Gasteiger charge is -2.32.